The molecule has 1 aromatic heterocycles. The van der Waals surface area contributed by atoms with E-state index in [0.29, 0.717) is 4.21 Å². The zero-order chi connectivity index (χ0) is 14.0. The average molecular weight is 367 g/mol. The third-order valence-corrected chi connectivity index (χ3v) is 7.58. The van der Waals surface area contributed by atoms with Crippen molar-refractivity contribution in [2.45, 2.75) is 55.3 Å². The SMILES string of the molecule is Cc1cc(S(=O)(=O)NC2CCCCCC2N)sc1Br. The van der Waals surface area contributed by atoms with Crippen molar-refractivity contribution in [3.05, 3.63) is 15.4 Å². The van der Waals surface area contributed by atoms with E-state index in [4.69, 9.17) is 5.73 Å². The van der Waals surface area contributed by atoms with Gasteiger partial charge in [-0.2, -0.15) is 0 Å². The van der Waals surface area contributed by atoms with Gasteiger partial charge in [0.15, 0.2) is 0 Å². The van der Waals surface area contributed by atoms with E-state index in [-0.39, 0.29) is 12.1 Å². The Kier molecular flexibility index (Phi) is 5.05. The molecule has 1 heterocycles. The highest BCUT2D eigenvalue weighted by molar-refractivity contribution is 9.11. The predicted octanol–water partition coefficient (Wildman–Crippen LogP) is 2.76. The lowest BCUT2D eigenvalue weighted by molar-refractivity contribution is 0.457. The molecule has 2 atom stereocenters. The lowest BCUT2D eigenvalue weighted by atomic mass is 10.1. The van der Waals surface area contributed by atoms with Crippen LogP contribution >= 0.6 is 27.3 Å². The highest BCUT2D eigenvalue weighted by atomic mass is 79.9. The van der Waals surface area contributed by atoms with E-state index in [1.54, 1.807) is 6.07 Å². The molecule has 7 heteroatoms. The lowest BCUT2D eigenvalue weighted by Gasteiger charge is -2.22. The molecule has 108 valence electrons. The van der Waals surface area contributed by atoms with E-state index in [1.165, 1.54) is 11.3 Å². The molecule has 0 spiro atoms. The normalized spacial score (nSPS) is 25.2. The van der Waals surface area contributed by atoms with Gasteiger partial charge in [0.2, 0.25) is 10.0 Å². The summed E-state index contributed by atoms with van der Waals surface area (Å²) in [5.41, 5.74) is 7.01. The third kappa shape index (κ3) is 3.78. The van der Waals surface area contributed by atoms with Crippen LogP contribution in [-0.2, 0) is 10.0 Å². The molecular weight excluding hydrogens is 348 g/mol. The van der Waals surface area contributed by atoms with Gasteiger partial charge in [-0.15, -0.1) is 11.3 Å². The fourth-order valence-corrected chi connectivity index (χ4v) is 5.87. The molecular formula is C12H19BrN2O2S2. The second-order valence-corrected chi connectivity index (χ2v) is 9.36. The number of nitrogens with two attached hydrogens (primary N) is 1. The summed E-state index contributed by atoms with van der Waals surface area (Å²) in [6, 6.07) is 1.47. The van der Waals surface area contributed by atoms with Gasteiger partial charge in [-0.1, -0.05) is 19.3 Å². The Morgan fingerprint density at radius 3 is 2.68 bits per heavy atom. The van der Waals surface area contributed by atoms with Crippen LogP contribution in [0, 0.1) is 6.92 Å². The molecule has 1 aromatic rings. The number of thiophene rings is 1. The minimum Gasteiger partial charge on any atom is -0.326 e. The molecule has 2 unspecified atom stereocenters. The maximum atomic E-state index is 12.3. The first-order valence-electron chi connectivity index (χ1n) is 6.44. The Morgan fingerprint density at radius 1 is 1.37 bits per heavy atom. The maximum absolute atomic E-state index is 12.3. The molecule has 1 aliphatic rings. The zero-order valence-electron chi connectivity index (χ0n) is 10.9. The van der Waals surface area contributed by atoms with Gasteiger partial charge in [-0.05, 0) is 47.3 Å². The molecule has 0 bridgehead atoms. The number of rotatable bonds is 3. The number of hydrogen-bond donors (Lipinski definition) is 2. The van der Waals surface area contributed by atoms with Crippen LogP contribution in [0.3, 0.4) is 0 Å². The van der Waals surface area contributed by atoms with Crippen LogP contribution in [0.4, 0.5) is 0 Å². The highest BCUT2D eigenvalue weighted by Gasteiger charge is 2.27. The van der Waals surface area contributed by atoms with E-state index in [2.05, 4.69) is 20.7 Å². The molecule has 0 amide bonds. The van der Waals surface area contributed by atoms with E-state index >= 15 is 0 Å². The van der Waals surface area contributed by atoms with Gasteiger partial charge in [-0.25, -0.2) is 13.1 Å². The number of aryl methyl sites for hydroxylation is 1. The van der Waals surface area contributed by atoms with Gasteiger partial charge in [-0.3, -0.25) is 0 Å². The van der Waals surface area contributed by atoms with Gasteiger partial charge < -0.3 is 5.73 Å². The largest absolute Gasteiger partial charge is 0.326 e. The lowest BCUT2D eigenvalue weighted by Crippen LogP contribution is -2.46. The molecule has 3 N–H and O–H groups in total. The predicted molar refractivity (Wildman–Crippen MR) is 81.9 cm³/mol. The molecule has 0 radical (unpaired) electrons. The molecule has 0 saturated heterocycles. The van der Waals surface area contributed by atoms with Crippen molar-refractivity contribution in [2.75, 3.05) is 0 Å². The summed E-state index contributed by atoms with van der Waals surface area (Å²) in [4.78, 5) is 0. The van der Waals surface area contributed by atoms with Crippen LogP contribution in [0.25, 0.3) is 0 Å². The molecule has 1 saturated carbocycles. The fraction of sp³-hybridized carbons (Fsp3) is 0.667. The maximum Gasteiger partial charge on any atom is 0.250 e. The van der Waals surface area contributed by atoms with Gasteiger partial charge in [0.1, 0.15) is 4.21 Å². The van der Waals surface area contributed by atoms with E-state index in [9.17, 15) is 8.42 Å². The van der Waals surface area contributed by atoms with Crippen LogP contribution in [-0.4, -0.2) is 20.5 Å². The number of halogens is 1. The fourth-order valence-electron chi connectivity index (χ4n) is 2.30. The molecule has 1 fully saturated rings. The van der Waals surface area contributed by atoms with Crippen LogP contribution in [0.2, 0.25) is 0 Å². The number of hydrogen-bond acceptors (Lipinski definition) is 4. The van der Waals surface area contributed by atoms with Gasteiger partial charge in [0, 0.05) is 12.1 Å². The van der Waals surface area contributed by atoms with Crippen molar-refractivity contribution < 1.29 is 8.42 Å². The Labute approximate surface area is 127 Å². The summed E-state index contributed by atoms with van der Waals surface area (Å²) in [6.07, 6.45) is 4.97. The van der Waals surface area contributed by atoms with E-state index in [0.717, 1.165) is 41.5 Å². The first-order valence-corrected chi connectivity index (χ1v) is 9.53. The minimum absolute atomic E-state index is 0.0817. The smallest absolute Gasteiger partial charge is 0.250 e. The monoisotopic (exact) mass is 366 g/mol. The van der Waals surface area contributed by atoms with Crippen LogP contribution < -0.4 is 10.5 Å². The average Bonchev–Trinajstić information content (AvgIpc) is 2.55. The quantitative estimate of drug-likeness (QED) is 0.807. The summed E-state index contributed by atoms with van der Waals surface area (Å²) in [5.74, 6) is 0. The van der Waals surface area contributed by atoms with E-state index in [1.807, 2.05) is 6.92 Å². The molecule has 0 aliphatic heterocycles. The van der Waals surface area contributed by atoms with Crippen molar-refractivity contribution in [3.63, 3.8) is 0 Å². The second kappa shape index (κ2) is 6.22. The van der Waals surface area contributed by atoms with Crippen molar-refractivity contribution >= 4 is 37.3 Å². The van der Waals surface area contributed by atoms with Crippen molar-refractivity contribution in [1.29, 1.82) is 0 Å². The Hall–Kier alpha value is 0.0500. The second-order valence-electron chi connectivity index (χ2n) is 5.05. The van der Waals surface area contributed by atoms with Crippen molar-refractivity contribution in [3.8, 4) is 0 Å². The topological polar surface area (TPSA) is 72.2 Å². The summed E-state index contributed by atoms with van der Waals surface area (Å²) >= 11 is 4.60. The molecule has 1 aliphatic carbocycles. The highest BCUT2D eigenvalue weighted by Crippen LogP contribution is 2.31. The van der Waals surface area contributed by atoms with Crippen LogP contribution in [0.15, 0.2) is 14.1 Å². The van der Waals surface area contributed by atoms with E-state index < -0.39 is 10.0 Å². The molecule has 0 aromatic carbocycles. The Morgan fingerprint density at radius 2 is 2.05 bits per heavy atom. The molecule has 19 heavy (non-hydrogen) atoms. The van der Waals surface area contributed by atoms with Gasteiger partial charge >= 0.3 is 0 Å². The summed E-state index contributed by atoms with van der Waals surface area (Å²) < 4.78 is 28.7. The minimum atomic E-state index is -3.45. The van der Waals surface area contributed by atoms with Crippen LogP contribution in [0.1, 0.15) is 37.7 Å². The molecule has 4 nitrogen and oxygen atoms in total. The van der Waals surface area contributed by atoms with Crippen LogP contribution in [0.5, 0.6) is 0 Å². The number of nitrogens with one attached hydrogen (secondary N) is 1. The van der Waals surface area contributed by atoms with Crippen molar-refractivity contribution in [2.24, 2.45) is 5.73 Å². The van der Waals surface area contributed by atoms with Gasteiger partial charge in [0.25, 0.3) is 0 Å². The Balaban J connectivity index is 2.16. The summed E-state index contributed by atoms with van der Waals surface area (Å²) in [7, 11) is -3.45. The standard InChI is InChI=1S/C12H19BrN2O2S2/c1-8-7-11(18-12(8)13)19(16,17)15-10-6-4-2-3-5-9(10)14/h7,9-10,15H,2-6,14H2,1H3. The van der Waals surface area contributed by atoms with Gasteiger partial charge in [0.05, 0.1) is 3.79 Å². The summed E-state index contributed by atoms with van der Waals surface area (Å²) in [6.45, 7) is 1.89. The molecule has 2 rings (SSSR count). The number of sulfonamides is 1. The zero-order valence-corrected chi connectivity index (χ0v) is 14.1. The first kappa shape index (κ1) is 15.4. The summed E-state index contributed by atoms with van der Waals surface area (Å²) in [5, 5.41) is 0. The third-order valence-electron chi connectivity index (χ3n) is 3.48. The van der Waals surface area contributed by atoms with Crippen molar-refractivity contribution in [1.82, 2.24) is 4.72 Å². The Bertz CT molecular complexity index is 522. The first-order chi connectivity index (χ1) is 8.90.